The van der Waals surface area contributed by atoms with E-state index >= 15 is 0 Å². The summed E-state index contributed by atoms with van der Waals surface area (Å²) in [6.45, 7) is 0.129. The number of carbonyl (C=O) groups excluding carboxylic acids is 1. The molecule has 0 fully saturated rings. The number of phenols is 2. The van der Waals surface area contributed by atoms with Crippen molar-refractivity contribution in [2.45, 2.75) is 0 Å². The van der Waals surface area contributed by atoms with Gasteiger partial charge in [-0.2, -0.15) is 5.10 Å². The van der Waals surface area contributed by atoms with Crippen molar-refractivity contribution in [2.75, 3.05) is 6.79 Å². The van der Waals surface area contributed by atoms with E-state index in [2.05, 4.69) is 10.5 Å². The molecule has 0 atom stereocenters. The molecule has 118 valence electrons. The number of carbonyl (C=O) groups is 1. The minimum Gasteiger partial charge on any atom is -0.504 e. The van der Waals surface area contributed by atoms with Gasteiger partial charge in [-0.3, -0.25) is 4.79 Å². The van der Waals surface area contributed by atoms with Gasteiger partial charge in [-0.25, -0.2) is 5.43 Å². The first kappa shape index (κ1) is 15.0. The van der Waals surface area contributed by atoms with Gasteiger partial charge in [0.05, 0.1) is 11.2 Å². The zero-order valence-electron chi connectivity index (χ0n) is 11.6. The van der Waals surface area contributed by atoms with E-state index in [1.165, 1.54) is 18.3 Å². The molecule has 1 amide bonds. The first-order chi connectivity index (χ1) is 11.0. The van der Waals surface area contributed by atoms with Crippen LogP contribution in [0, 0.1) is 0 Å². The number of ether oxygens (including phenoxy) is 2. The smallest absolute Gasteiger partial charge is 0.271 e. The highest BCUT2D eigenvalue weighted by Gasteiger charge is 2.15. The van der Waals surface area contributed by atoms with Crippen LogP contribution >= 0.6 is 11.6 Å². The number of benzene rings is 2. The maximum atomic E-state index is 12.0. The summed E-state index contributed by atoms with van der Waals surface area (Å²) in [5, 5.41) is 22.6. The summed E-state index contributed by atoms with van der Waals surface area (Å²) in [4.78, 5) is 12.0. The molecule has 0 saturated carbocycles. The van der Waals surface area contributed by atoms with Crippen LogP contribution in [0.5, 0.6) is 23.0 Å². The van der Waals surface area contributed by atoms with Gasteiger partial charge in [-0.1, -0.05) is 11.6 Å². The highest BCUT2D eigenvalue weighted by Crippen LogP contribution is 2.33. The molecule has 0 unspecified atom stereocenters. The molecule has 1 aliphatic rings. The molecule has 3 rings (SSSR count). The molecular weight excluding hydrogens is 324 g/mol. The molecule has 1 heterocycles. The molecule has 0 bridgehead atoms. The van der Waals surface area contributed by atoms with Crippen molar-refractivity contribution < 1.29 is 24.5 Å². The van der Waals surface area contributed by atoms with E-state index in [1.807, 2.05) is 0 Å². The van der Waals surface area contributed by atoms with Gasteiger partial charge in [0, 0.05) is 5.56 Å². The van der Waals surface area contributed by atoms with Crippen LogP contribution in [-0.2, 0) is 0 Å². The van der Waals surface area contributed by atoms with E-state index in [4.69, 9.17) is 21.1 Å². The first-order valence-electron chi connectivity index (χ1n) is 6.49. The third kappa shape index (κ3) is 3.14. The number of hydrazone groups is 1. The molecule has 0 aliphatic carbocycles. The molecule has 0 spiro atoms. The maximum Gasteiger partial charge on any atom is 0.271 e. The third-order valence-electron chi connectivity index (χ3n) is 3.08. The lowest BCUT2D eigenvalue weighted by Crippen LogP contribution is -2.17. The third-order valence-corrected chi connectivity index (χ3v) is 3.37. The zero-order chi connectivity index (χ0) is 16.4. The standard InChI is InChI=1S/C15H11ClN2O5/c16-10-3-8(4-11(19)14(10)20)6-17-18-15(21)9-1-2-12-13(5-9)23-7-22-12/h1-6,19-20H,7H2,(H,18,21)/b17-6+. The first-order valence-corrected chi connectivity index (χ1v) is 6.87. The van der Waals surface area contributed by atoms with Gasteiger partial charge in [-0.05, 0) is 35.9 Å². The van der Waals surface area contributed by atoms with E-state index < -0.39 is 11.7 Å². The van der Waals surface area contributed by atoms with Crippen molar-refractivity contribution in [3.8, 4) is 23.0 Å². The number of phenolic OH excluding ortho intramolecular Hbond substituents is 2. The van der Waals surface area contributed by atoms with Crippen LogP contribution in [0.2, 0.25) is 5.02 Å². The molecule has 3 N–H and O–H groups in total. The molecular formula is C15H11ClN2O5. The molecule has 8 heteroatoms. The molecule has 23 heavy (non-hydrogen) atoms. The van der Waals surface area contributed by atoms with Gasteiger partial charge in [-0.15, -0.1) is 0 Å². The summed E-state index contributed by atoms with van der Waals surface area (Å²) in [5.41, 5.74) is 3.11. The lowest BCUT2D eigenvalue weighted by Gasteiger charge is -2.03. The molecule has 0 aromatic heterocycles. The maximum absolute atomic E-state index is 12.0. The Kier molecular flexibility index (Phi) is 3.94. The summed E-state index contributed by atoms with van der Waals surface area (Å²) in [6, 6.07) is 7.43. The number of aromatic hydroxyl groups is 2. The van der Waals surface area contributed by atoms with Gasteiger partial charge in [0.25, 0.3) is 5.91 Å². The normalized spacial score (nSPS) is 12.6. The Labute approximate surface area is 135 Å². The fourth-order valence-corrected chi connectivity index (χ4v) is 2.17. The van der Waals surface area contributed by atoms with E-state index in [0.29, 0.717) is 22.6 Å². The predicted molar refractivity (Wildman–Crippen MR) is 82.4 cm³/mol. The van der Waals surface area contributed by atoms with Gasteiger partial charge in [0.15, 0.2) is 23.0 Å². The number of hydrogen-bond acceptors (Lipinski definition) is 6. The summed E-state index contributed by atoms with van der Waals surface area (Å²) >= 11 is 5.73. The van der Waals surface area contributed by atoms with Crippen molar-refractivity contribution in [1.82, 2.24) is 5.43 Å². The van der Waals surface area contributed by atoms with E-state index in [1.54, 1.807) is 18.2 Å². The van der Waals surface area contributed by atoms with Crippen molar-refractivity contribution >= 4 is 23.7 Å². The van der Waals surface area contributed by atoms with E-state index in [-0.39, 0.29) is 17.6 Å². The SMILES string of the molecule is O=C(N/N=C/c1cc(O)c(O)c(Cl)c1)c1ccc2c(c1)OCO2. The highest BCUT2D eigenvalue weighted by atomic mass is 35.5. The minimum absolute atomic E-state index is 0.0199. The lowest BCUT2D eigenvalue weighted by atomic mass is 10.2. The molecule has 0 radical (unpaired) electrons. The monoisotopic (exact) mass is 334 g/mol. The Morgan fingerprint density at radius 1 is 1.22 bits per heavy atom. The fourth-order valence-electron chi connectivity index (χ4n) is 1.95. The fraction of sp³-hybridized carbons (Fsp3) is 0.0667. The van der Waals surface area contributed by atoms with Crippen LogP contribution < -0.4 is 14.9 Å². The predicted octanol–water partition coefficient (Wildman–Crippen LogP) is 2.24. The van der Waals surface area contributed by atoms with E-state index in [0.717, 1.165) is 0 Å². The second-order valence-corrected chi connectivity index (χ2v) is 5.04. The molecule has 2 aromatic rings. The van der Waals surface area contributed by atoms with Crippen LogP contribution in [0.15, 0.2) is 35.4 Å². The average Bonchev–Trinajstić information content (AvgIpc) is 2.99. The molecule has 0 saturated heterocycles. The van der Waals surface area contributed by atoms with Gasteiger partial charge < -0.3 is 19.7 Å². The van der Waals surface area contributed by atoms with Crippen LogP contribution in [0.4, 0.5) is 0 Å². The summed E-state index contributed by atoms with van der Waals surface area (Å²) in [5.74, 6) is -0.140. The number of hydrogen-bond donors (Lipinski definition) is 3. The van der Waals surface area contributed by atoms with Crippen molar-refractivity contribution in [3.63, 3.8) is 0 Å². The van der Waals surface area contributed by atoms with Gasteiger partial charge in [0.1, 0.15) is 0 Å². The Hall–Kier alpha value is -2.93. The van der Waals surface area contributed by atoms with Gasteiger partial charge in [0.2, 0.25) is 6.79 Å². The Bertz CT molecular complexity index is 783. The summed E-state index contributed by atoms with van der Waals surface area (Å²) in [6.07, 6.45) is 1.29. The lowest BCUT2D eigenvalue weighted by molar-refractivity contribution is 0.0954. The number of amides is 1. The number of halogens is 1. The number of fused-ring (bicyclic) bond motifs is 1. The van der Waals surface area contributed by atoms with Crippen LogP contribution in [0.3, 0.4) is 0 Å². The van der Waals surface area contributed by atoms with Crippen LogP contribution in [0.25, 0.3) is 0 Å². The van der Waals surface area contributed by atoms with Crippen molar-refractivity contribution in [3.05, 3.63) is 46.5 Å². The highest BCUT2D eigenvalue weighted by molar-refractivity contribution is 6.32. The second kappa shape index (κ2) is 6.05. The Morgan fingerprint density at radius 2 is 2.00 bits per heavy atom. The van der Waals surface area contributed by atoms with Crippen LogP contribution in [0.1, 0.15) is 15.9 Å². The minimum atomic E-state index is -0.436. The quantitative estimate of drug-likeness (QED) is 0.454. The van der Waals surface area contributed by atoms with Crippen molar-refractivity contribution in [2.24, 2.45) is 5.10 Å². The summed E-state index contributed by atoms with van der Waals surface area (Å²) < 4.78 is 10.4. The Balaban J connectivity index is 1.69. The van der Waals surface area contributed by atoms with Gasteiger partial charge >= 0.3 is 0 Å². The number of rotatable bonds is 3. The summed E-state index contributed by atoms with van der Waals surface area (Å²) in [7, 11) is 0. The average molecular weight is 335 g/mol. The number of nitrogens with zero attached hydrogens (tertiary/aromatic N) is 1. The second-order valence-electron chi connectivity index (χ2n) is 4.64. The van der Waals surface area contributed by atoms with E-state index in [9.17, 15) is 15.0 Å². The topological polar surface area (TPSA) is 100 Å². The number of nitrogens with one attached hydrogen (secondary N) is 1. The molecule has 7 nitrogen and oxygen atoms in total. The molecule has 1 aliphatic heterocycles. The Morgan fingerprint density at radius 3 is 2.78 bits per heavy atom. The molecule has 2 aromatic carbocycles. The zero-order valence-corrected chi connectivity index (χ0v) is 12.4. The van der Waals surface area contributed by atoms with Crippen LogP contribution in [-0.4, -0.2) is 29.1 Å². The van der Waals surface area contributed by atoms with Crippen molar-refractivity contribution in [1.29, 1.82) is 0 Å². The largest absolute Gasteiger partial charge is 0.504 e.